The van der Waals surface area contributed by atoms with Gasteiger partial charge in [-0.3, -0.25) is 9.69 Å². The van der Waals surface area contributed by atoms with Gasteiger partial charge in [-0.05, 0) is 63.9 Å². The molecule has 2 bridgehead atoms. The normalized spacial score (nSPS) is 28.9. The molecular formula is C18H24N4O. The van der Waals surface area contributed by atoms with Crippen molar-refractivity contribution in [2.75, 3.05) is 13.1 Å². The lowest BCUT2D eigenvalue weighted by Crippen LogP contribution is -2.69. The van der Waals surface area contributed by atoms with E-state index in [1.54, 1.807) is 6.33 Å². The number of nitrogens with one attached hydrogen (secondary N) is 1. The van der Waals surface area contributed by atoms with Gasteiger partial charge in [0.05, 0.1) is 17.4 Å². The predicted molar refractivity (Wildman–Crippen MR) is 90.3 cm³/mol. The first-order chi connectivity index (χ1) is 11.0. The van der Waals surface area contributed by atoms with E-state index in [1.807, 2.05) is 29.8 Å². The van der Waals surface area contributed by atoms with Gasteiger partial charge in [-0.2, -0.15) is 0 Å². The Morgan fingerprint density at radius 1 is 1.30 bits per heavy atom. The Morgan fingerprint density at radius 3 is 2.74 bits per heavy atom. The summed E-state index contributed by atoms with van der Waals surface area (Å²) in [6.45, 7) is 6.82. The summed E-state index contributed by atoms with van der Waals surface area (Å²) in [7, 11) is 1.96. The fourth-order valence-corrected chi connectivity index (χ4v) is 4.38. The predicted octanol–water partition coefficient (Wildman–Crippen LogP) is 2.18. The minimum Gasteiger partial charge on any atom is -0.347 e. The summed E-state index contributed by atoms with van der Waals surface area (Å²) in [5.41, 5.74) is 2.65. The van der Waals surface area contributed by atoms with Crippen LogP contribution in [0.3, 0.4) is 0 Å². The molecule has 1 aromatic carbocycles. The monoisotopic (exact) mass is 312 g/mol. The molecule has 3 aliphatic heterocycles. The van der Waals surface area contributed by atoms with Crippen molar-refractivity contribution in [3.63, 3.8) is 0 Å². The first kappa shape index (κ1) is 14.7. The highest BCUT2D eigenvalue weighted by atomic mass is 16.1. The third-order valence-electron chi connectivity index (χ3n) is 5.86. The second kappa shape index (κ2) is 5.06. The molecule has 1 aromatic heterocycles. The molecule has 2 aromatic rings. The first-order valence-electron chi connectivity index (χ1n) is 8.44. The van der Waals surface area contributed by atoms with Crippen molar-refractivity contribution in [3.8, 4) is 0 Å². The Hall–Kier alpha value is -1.88. The van der Waals surface area contributed by atoms with E-state index in [4.69, 9.17) is 0 Å². The topological polar surface area (TPSA) is 50.2 Å². The van der Waals surface area contributed by atoms with Crippen molar-refractivity contribution >= 4 is 16.9 Å². The zero-order chi connectivity index (χ0) is 16.2. The summed E-state index contributed by atoms with van der Waals surface area (Å²) >= 11 is 0. The summed E-state index contributed by atoms with van der Waals surface area (Å²) in [5, 5.41) is 3.31. The van der Waals surface area contributed by atoms with Crippen LogP contribution in [0.15, 0.2) is 24.5 Å². The Kier molecular flexibility index (Phi) is 3.23. The zero-order valence-corrected chi connectivity index (χ0v) is 14.0. The number of carbonyl (C=O) groups excluding carboxylic acids is 1. The van der Waals surface area contributed by atoms with Gasteiger partial charge in [0, 0.05) is 24.2 Å². The van der Waals surface area contributed by atoms with Crippen LogP contribution in [0.4, 0.5) is 0 Å². The Morgan fingerprint density at radius 2 is 2.04 bits per heavy atom. The third kappa shape index (κ3) is 2.26. The smallest absolute Gasteiger partial charge is 0.251 e. The molecule has 5 rings (SSSR count). The van der Waals surface area contributed by atoms with Crippen LogP contribution in [-0.4, -0.2) is 45.0 Å². The van der Waals surface area contributed by atoms with Crippen molar-refractivity contribution in [1.82, 2.24) is 19.8 Å². The molecule has 0 saturated carbocycles. The molecular weight excluding hydrogens is 288 g/mol. The van der Waals surface area contributed by atoms with Crippen molar-refractivity contribution in [2.24, 2.45) is 13.0 Å². The van der Waals surface area contributed by atoms with Crippen LogP contribution >= 0.6 is 0 Å². The number of nitrogens with zero attached hydrogens (tertiary/aromatic N) is 3. The van der Waals surface area contributed by atoms with Gasteiger partial charge < -0.3 is 9.88 Å². The largest absolute Gasteiger partial charge is 0.347 e. The van der Waals surface area contributed by atoms with Gasteiger partial charge in [-0.15, -0.1) is 0 Å². The molecule has 3 aliphatic rings. The van der Waals surface area contributed by atoms with Gasteiger partial charge in [0.25, 0.3) is 5.91 Å². The van der Waals surface area contributed by atoms with Gasteiger partial charge in [-0.25, -0.2) is 4.98 Å². The number of imidazole rings is 1. The standard InChI is InChI=1S/C18H24N4O/c1-18(2)16(12-6-8-22(18)9-7-12)20-17(23)13-4-5-15-14(10-13)19-11-21(15)3/h4-5,10-12,16H,6-9H2,1-3H3,(H,20,23)/t16-/m1/s1. The number of aryl methyl sites for hydroxylation is 1. The number of benzene rings is 1. The maximum atomic E-state index is 12.8. The zero-order valence-electron chi connectivity index (χ0n) is 14.0. The number of rotatable bonds is 2. The molecule has 122 valence electrons. The lowest BCUT2D eigenvalue weighted by Gasteiger charge is -2.56. The lowest BCUT2D eigenvalue weighted by atomic mass is 9.72. The average Bonchev–Trinajstić information content (AvgIpc) is 2.92. The SMILES string of the molecule is Cn1cnc2cc(C(=O)N[C@@H]3C4CCN(CC4)C3(C)C)ccc21. The molecule has 3 saturated heterocycles. The molecule has 0 spiro atoms. The van der Waals surface area contributed by atoms with Crippen molar-refractivity contribution < 1.29 is 4.79 Å². The van der Waals surface area contributed by atoms with E-state index < -0.39 is 0 Å². The molecule has 4 heterocycles. The van der Waals surface area contributed by atoms with E-state index in [0.717, 1.165) is 24.1 Å². The number of hydrogen-bond acceptors (Lipinski definition) is 3. The van der Waals surface area contributed by atoms with E-state index in [0.29, 0.717) is 11.5 Å². The van der Waals surface area contributed by atoms with Crippen LogP contribution in [-0.2, 0) is 7.05 Å². The fraction of sp³-hybridized carbons (Fsp3) is 0.556. The number of piperidine rings is 3. The van der Waals surface area contributed by atoms with E-state index in [-0.39, 0.29) is 17.5 Å². The maximum Gasteiger partial charge on any atom is 0.251 e. The first-order valence-corrected chi connectivity index (χ1v) is 8.44. The summed E-state index contributed by atoms with van der Waals surface area (Å²) in [5.74, 6) is 0.613. The van der Waals surface area contributed by atoms with Crippen LogP contribution in [0.25, 0.3) is 11.0 Å². The van der Waals surface area contributed by atoms with Crippen molar-refractivity contribution in [2.45, 2.75) is 38.3 Å². The van der Waals surface area contributed by atoms with Crippen LogP contribution in [0.1, 0.15) is 37.0 Å². The molecule has 1 N–H and O–H groups in total. The molecule has 23 heavy (non-hydrogen) atoms. The second-order valence-electron chi connectivity index (χ2n) is 7.49. The highest BCUT2D eigenvalue weighted by Crippen LogP contribution is 2.39. The van der Waals surface area contributed by atoms with Gasteiger partial charge in [0.2, 0.25) is 0 Å². The summed E-state index contributed by atoms with van der Waals surface area (Å²) < 4.78 is 1.97. The number of aromatic nitrogens is 2. The summed E-state index contributed by atoms with van der Waals surface area (Å²) in [6.07, 6.45) is 4.16. The highest BCUT2D eigenvalue weighted by Gasteiger charge is 2.48. The summed E-state index contributed by atoms with van der Waals surface area (Å²) in [6, 6.07) is 5.97. The third-order valence-corrected chi connectivity index (χ3v) is 5.86. The van der Waals surface area contributed by atoms with E-state index in [9.17, 15) is 4.79 Å². The Labute approximate surface area is 136 Å². The Bertz CT molecular complexity index is 755. The minimum absolute atomic E-state index is 0.0179. The summed E-state index contributed by atoms with van der Waals surface area (Å²) in [4.78, 5) is 19.6. The molecule has 0 radical (unpaired) electrons. The van der Waals surface area contributed by atoms with E-state index >= 15 is 0 Å². The van der Waals surface area contributed by atoms with E-state index in [2.05, 4.69) is 29.0 Å². The number of fused-ring (bicyclic) bond motifs is 4. The maximum absolute atomic E-state index is 12.8. The van der Waals surface area contributed by atoms with Gasteiger partial charge in [-0.1, -0.05) is 0 Å². The molecule has 1 atom stereocenters. The van der Waals surface area contributed by atoms with Crippen molar-refractivity contribution in [3.05, 3.63) is 30.1 Å². The van der Waals surface area contributed by atoms with Gasteiger partial charge in [0.15, 0.2) is 0 Å². The van der Waals surface area contributed by atoms with Crippen LogP contribution in [0, 0.1) is 5.92 Å². The fourth-order valence-electron chi connectivity index (χ4n) is 4.38. The second-order valence-corrected chi connectivity index (χ2v) is 7.49. The molecule has 5 nitrogen and oxygen atoms in total. The van der Waals surface area contributed by atoms with Gasteiger partial charge >= 0.3 is 0 Å². The average molecular weight is 312 g/mol. The minimum atomic E-state index is 0.0179. The number of hydrogen-bond donors (Lipinski definition) is 1. The lowest BCUT2D eigenvalue weighted by molar-refractivity contribution is -0.0378. The van der Waals surface area contributed by atoms with Crippen LogP contribution in [0.5, 0.6) is 0 Å². The van der Waals surface area contributed by atoms with Gasteiger partial charge in [0.1, 0.15) is 0 Å². The molecule has 1 amide bonds. The molecule has 0 unspecified atom stereocenters. The van der Waals surface area contributed by atoms with E-state index in [1.165, 1.54) is 12.8 Å². The quantitative estimate of drug-likeness (QED) is 0.924. The molecule has 3 fully saturated rings. The number of carbonyl (C=O) groups is 1. The molecule has 5 heteroatoms. The Balaban J connectivity index is 1.59. The number of amides is 1. The van der Waals surface area contributed by atoms with Crippen molar-refractivity contribution in [1.29, 1.82) is 0 Å². The highest BCUT2D eigenvalue weighted by molar-refractivity contribution is 5.97. The molecule has 0 aliphatic carbocycles. The van der Waals surface area contributed by atoms with Crippen LogP contribution < -0.4 is 5.32 Å². The van der Waals surface area contributed by atoms with Crippen LogP contribution in [0.2, 0.25) is 0 Å².